The van der Waals surface area contributed by atoms with Gasteiger partial charge in [0, 0.05) is 25.5 Å². The van der Waals surface area contributed by atoms with Crippen molar-refractivity contribution in [3.63, 3.8) is 0 Å². The van der Waals surface area contributed by atoms with Gasteiger partial charge in [-0.15, -0.1) is 0 Å². The van der Waals surface area contributed by atoms with E-state index in [1.165, 1.54) is 24.5 Å². The number of likely N-dealkylation sites (tertiary alicyclic amines) is 1. The second-order valence-corrected chi connectivity index (χ2v) is 5.60. The molecular weight excluding hydrogens is 349 g/mol. The van der Waals surface area contributed by atoms with Crippen LogP contribution in [0.2, 0.25) is 0 Å². The fourth-order valence-corrected chi connectivity index (χ4v) is 2.38. The molecule has 0 aromatic carbocycles. The SMILES string of the molecule is C=CC(=O)N1CC(Nc2nccnc2Nc2ccc(C(F)(F)F)nc2)C1. The van der Waals surface area contributed by atoms with Gasteiger partial charge >= 0.3 is 6.18 Å². The molecule has 1 amide bonds. The zero-order chi connectivity index (χ0) is 18.7. The average molecular weight is 364 g/mol. The number of halogens is 3. The minimum absolute atomic E-state index is 0.00174. The number of amides is 1. The topological polar surface area (TPSA) is 83.0 Å². The maximum Gasteiger partial charge on any atom is 0.433 e. The van der Waals surface area contributed by atoms with Crippen LogP contribution in [0.5, 0.6) is 0 Å². The smallest absolute Gasteiger partial charge is 0.361 e. The van der Waals surface area contributed by atoms with Crippen LogP contribution in [0.4, 0.5) is 30.5 Å². The van der Waals surface area contributed by atoms with E-state index >= 15 is 0 Å². The van der Waals surface area contributed by atoms with Crippen molar-refractivity contribution in [3.8, 4) is 0 Å². The predicted molar refractivity (Wildman–Crippen MR) is 88.7 cm³/mol. The predicted octanol–water partition coefficient (Wildman–Crippen LogP) is 2.44. The van der Waals surface area contributed by atoms with E-state index in [1.54, 1.807) is 4.90 Å². The van der Waals surface area contributed by atoms with E-state index in [-0.39, 0.29) is 11.9 Å². The lowest BCUT2D eigenvalue weighted by Gasteiger charge is -2.39. The molecule has 0 radical (unpaired) electrons. The molecule has 3 rings (SSSR count). The standard InChI is InChI=1S/C16H15F3N6O/c1-2-13(26)25-8-11(9-25)24-15-14(20-5-6-21-15)23-10-3-4-12(22-7-10)16(17,18)19/h2-7,11H,1,8-9H2,(H,20,23)(H,21,24). The second-order valence-electron chi connectivity index (χ2n) is 5.60. The number of nitrogens with zero attached hydrogens (tertiary/aromatic N) is 4. The molecule has 0 saturated carbocycles. The summed E-state index contributed by atoms with van der Waals surface area (Å²) in [6, 6.07) is 2.15. The number of hydrogen-bond acceptors (Lipinski definition) is 6. The van der Waals surface area contributed by atoms with Crippen molar-refractivity contribution in [1.29, 1.82) is 0 Å². The van der Waals surface area contributed by atoms with Crippen LogP contribution in [0.1, 0.15) is 5.69 Å². The monoisotopic (exact) mass is 364 g/mol. The molecule has 0 atom stereocenters. The zero-order valence-corrected chi connectivity index (χ0v) is 13.5. The third-order valence-corrected chi connectivity index (χ3v) is 3.72. The Morgan fingerprint density at radius 2 is 1.88 bits per heavy atom. The molecule has 1 aliphatic rings. The molecule has 2 aromatic heterocycles. The Labute approximate surface area is 147 Å². The Morgan fingerprint density at radius 1 is 1.19 bits per heavy atom. The molecule has 0 unspecified atom stereocenters. The highest BCUT2D eigenvalue weighted by atomic mass is 19.4. The van der Waals surface area contributed by atoms with Gasteiger partial charge < -0.3 is 15.5 Å². The Kier molecular flexibility index (Phi) is 4.74. The molecular formula is C16H15F3N6O. The van der Waals surface area contributed by atoms with Crippen LogP contribution in [0.15, 0.2) is 43.4 Å². The van der Waals surface area contributed by atoms with E-state index in [2.05, 4.69) is 32.2 Å². The van der Waals surface area contributed by atoms with Crippen LogP contribution < -0.4 is 10.6 Å². The molecule has 0 spiro atoms. The number of nitrogens with one attached hydrogen (secondary N) is 2. The van der Waals surface area contributed by atoms with E-state index in [4.69, 9.17) is 0 Å². The number of alkyl halides is 3. The first-order valence-electron chi connectivity index (χ1n) is 7.66. The van der Waals surface area contributed by atoms with Gasteiger partial charge in [0.15, 0.2) is 11.6 Å². The molecule has 1 saturated heterocycles. The molecule has 26 heavy (non-hydrogen) atoms. The molecule has 0 bridgehead atoms. The number of aromatic nitrogens is 3. The van der Waals surface area contributed by atoms with Crippen LogP contribution in [-0.4, -0.2) is 44.9 Å². The van der Waals surface area contributed by atoms with Crippen LogP contribution in [0, 0.1) is 0 Å². The van der Waals surface area contributed by atoms with Crippen LogP contribution in [-0.2, 0) is 11.0 Å². The average Bonchev–Trinajstić information content (AvgIpc) is 2.58. The lowest BCUT2D eigenvalue weighted by Crippen LogP contribution is -2.56. The van der Waals surface area contributed by atoms with Crippen molar-refractivity contribution in [1.82, 2.24) is 19.9 Å². The summed E-state index contributed by atoms with van der Waals surface area (Å²) in [7, 11) is 0. The summed E-state index contributed by atoms with van der Waals surface area (Å²) in [4.78, 5) is 24.8. The number of carbonyl (C=O) groups is 1. The number of carbonyl (C=O) groups excluding carboxylic acids is 1. The fourth-order valence-electron chi connectivity index (χ4n) is 2.38. The number of pyridine rings is 1. The van der Waals surface area contributed by atoms with Gasteiger partial charge in [-0.2, -0.15) is 13.2 Å². The molecule has 10 heteroatoms. The van der Waals surface area contributed by atoms with Crippen molar-refractivity contribution >= 4 is 23.2 Å². The minimum Gasteiger partial charge on any atom is -0.361 e. The first-order chi connectivity index (χ1) is 12.4. The van der Waals surface area contributed by atoms with Gasteiger partial charge in [-0.05, 0) is 18.2 Å². The van der Waals surface area contributed by atoms with Crippen molar-refractivity contribution in [2.75, 3.05) is 23.7 Å². The number of hydrogen-bond donors (Lipinski definition) is 2. The van der Waals surface area contributed by atoms with Gasteiger partial charge in [-0.25, -0.2) is 15.0 Å². The Hall–Kier alpha value is -3.17. The second kappa shape index (κ2) is 6.98. The largest absolute Gasteiger partial charge is 0.433 e. The molecule has 1 fully saturated rings. The highest BCUT2D eigenvalue weighted by Gasteiger charge is 2.32. The highest BCUT2D eigenvalue weighted by Crippen LogP contribution is 2.29. The van der Waals surface area contributed by atoms with Gasteiger partial charge in [-0.1, -0.05) is 6.58 Å². The molecule has 0 aliphatic carbocycles. The summed E-state index contributed by atoms with van der Waals surface area (Å²) in [6.07, 6.45) is 0.790. The van der Waals surface area contributed by atoms with Crippen molar-refractivity contribution in [2.24, 2.45) is 0 Å². The van der Waals surface area contributed by atoms with E-state index < -0.39 is 11.9 Å². The molecule has 1 aliphatic heterocycles. The van der Waals surface area contributed by atoms with Crippen LogP contribution in [0.25, 0.3) is 0 Å². The van der Waals surface area contributed by atoms with Crippen LogP contribution >= 0.6 is 0 Å². The van der Waals surface area contributed by atoms with Crippen molar-refractivity contribution in [3.05, 3.63) is 49.1 Å². The Balaban J connectivity index is 1.66. The van der Waals surface area contributed by atoms with E-state index in [1.807, 2.05) is 0 Å². The van der Waals surface area contributed by atoms with Gasteiger partial charge in [0.2, 0.25) is 5.91 Å². The zero-order valence-electron chi connectivity index (χ0n) is 13.5. The fraction of sp³-hybridized carbons (Fsp3) is 0.250. The third kappa shape index (κ3) is 3.90. The molecule has 2 N–H and O–H groups in total. The first kappa shape index (κ1) is 17.6. The van der Waals surface area contributed by atoms with E-state index in [0.29, 0.717) is 30.4 Å². The summed E-state index contributed by atoms with van der Waals surface area (Å²) in [5.74, 6) is 0.641. The maximum absolute atomic E-state index is 12.6. The van der Waals surface area contributed by atoms with Crippen molar-refractivity contribution < 1.29 is 18.0 Å². The lowest BCUT2D eigenvalue weighted by molar-refractivity contribution is -0.141. The third-order valence-electron chi connectivity index (χ3n) is 3.72. The summed E-state index contributed by atoms with van der Waals surface area (Å²) >= 11 is 0. The van der Waals surface area contributed by atoms with Gasteiger partial charge in [0.25, 0.3) is 0 Å². The van der Waals surface area contributed by atoms with Crippen LogP contribution in [0.3, 0.4) is 0 Å². The number of anilines is 3. The quantitative estimate of drug-likeness (QED) is 0.793. The van der Waals surface area contributed by atoms with E-state index in [0.717, 1.165) is 12.3 Å². The minimum atomic E-state index is -4.49. The van der Waals surface area contributed by atoms with Gasteiger partial charge in [0.1, 0.15) is 5.69 Å². The molecule has 7 nitrogen and oxygen atoms in total. The lowest BCUT2D eigenvalue weighted by atomic mass is 10.1. The molecule has 3 heterocycles. The summed E-state index contributed by atoms with van der Waals surface area (Å²) in [6.45, 7) is 4.44. The maximum atomic E-state index is 12.6. The number of rotatable bonds is 5. The molecule has 2 aromatic rings. The normalized spacial score (nSPS) is 14.5. The highest BCUT2D eigenvalue weighted by molar-refractivity contribution is 5.87. The summed E-state index contributed by atoms with van der Waals surface area (Å²) < 4.78 is 37.7. The van der Waals surface area contributed by atoms with Crippen molar-refractivity contribution in [2.45, 2.75) is 12.2 Å². The Bertz CT molecular complexity index is 802. The van der Waals surface area contributed by atoms with Gasteiger partial charge in [0.05, 0.1) is 17.9 Å². The summed E-state index contributed by atoms with van der Waals surface area (Å²) in [5.41, 5.74) is -0.624. The first-order valence-corrected chi connectivity index (χ1v) is 7.66. The van der Waals surface area contributed by atoms with E-state index in [9.17, 15) is 18.0 Å². The molecule has 136 valence electrons. The van der Waals surface area contributed by atoms with Gasteiger partial charge in [-0.3, -0.25) is 4.79 Å². The summed E-state index contributed by atoms with van der Waals surface area (Å²) in [5, 5.41) is 6.03. The Morgan fingerprint density at radius 3 is 2.46 bits per heavy atom.